The second-order valence-electron chi connectivity index (χ2n) is 7.91. The molecule has 3 rings (SSSR count). The van der Waals surface area contributed by atoms with Crippen LogP contribution in [0.15, 0.2) is 30.3 Å². The van der Waals surface area contributed by atoms with Crippen molar-refractivity contribution in [2.45, 2.75) is 57.4 Å². The number of benzene rings is 2. The first-order chi connectivity index (χ1) is 15.5. The van der Waals surface area contributed by atoms with E-state index in [9.17, 15) is 40.2 Å². The zero-order chi connectivity index (χ0) is 24.4. The number of aliphatic carboxylic acids is 1. The second-order valence-corrected chi connectivity index (χ2v) is 7.91. The first-order valence-electron chi connectivity index (χ1n) is 10.3. The van der Waals surface area contributed by atoms with Crippen LogP contribution in [0.3, 0.4) is 0 Å². The van der Waals surface area contributed by atoms with E-state index in [0.29, 0.717) is 6.42 Å². The topological polar surface area (TPSA) is 174 Å². The van der Waals surface area contributed by atoms with Crippen molar-refractivity contribution < 1.29 is 49.7 Å². The molecule has 0 spiro atoms. The molecular formula is C23H26O10. The molecule has 10 heteroatoms. The van der Waals surface area contributed by atoms with Crippen LogP contribution in [0, 0.1) is 13.8 Å². The number of ketones is 1. The number of ether oxygens (including phenoxy) is 2. The van der Waals surface area contributed by atoms with Crippen LogP contribution in [0.1, 0.15) is 33.5 Å². The van der Waals surface area contributed by atoms with Crippen molar-refractivity contribution >= 4 is 11.8 Å². The number of phenolic OH excluding ortho intramolecular Hbond substituents is 2. The molecule has 0 bridgehead atoms. The van der Waals surface area contributed by atoms with Gasteiger partial charge >= 0.3 is 5.97 Å². The summed E-state index contributed by atoms with van der Waals surface area (Å²) in [6.45, 7) is 2.81. The molecule has 10 nitrogen and oxygen atoms in total. The zero-order valence-corrected chi connectivity index (χ0v) is 18.0. The van der Waals surface area contributed by atoms with Crippen LogP contribution in [-0.2, 0) is 16.0 Å². The van der Waals surface area contributed by atoms with E-state index in [-0.39, 0.29) is 28.9 Å². The van der Waals surface area contributed by atoms with Crippen molar-refractivity contribution in [3.63, 3.8) is 0 Å². The Hall–Kier alpha value is -3.18. The lowest BCUT2D eigenvalue weighted by Gasteiger charge is -2.38. The highest BCUT2D eigenvalue weighted by Gasteiger charge is 2.48. The van der Waals surface area contributed by atoms with Gasteiger partial charge in [-0.2, -0.15) is 0 Å². The SMILES string of the molecule is Cc1c(O)c(C(=O)CCc2ccccc2)c(O)c(C)c1O[C@@H]1O[C@H](C(=O)O)[C@@H](O)[C@H](O)[C@H]1O. The molecule has 5 atom stereocenters. The van der Waals surface area contributed by atoms with Crippen LogP contribution in [0.25, 0.3) is 0 Å². The van der Waals surface area contributed by atoms with E-state index in [0.717, 1.165) is 5.56 Å². The van der Waals surface area contributed by atoms with E-state index in [4.69, 9.17) is 9.47 Å². The van der Waals surface area contributed by atoms with Crippen molar-refractivity contribution in [3.8, 4) is 17.2 Å². The average molecular weight is 462 g/mol. The summed E-state index contributed by atoms with van der Waals surface area (Å²) in [5.74, 6) is -3.31. The number of rotatable bonds is 7. The lowest BCUT2D eigenvalue weighted by Crippen LogP contribution is -2.61. The Labute approximate surface area is 189 Å². The molecule has 33 heavy (non-hydrogen) atoms. The van der Waals surface area contributed by atoms with E-state index in [1.54, 1.807) is 0 Å². The largest absolute Gasteiger partial charge is 0.507 e. The quantitative estimate of drug-likeness (QED) is 0.323. The van der Waals surface area contributed by atoms with Gasteiger partial charge in [0.05, 0.1) is 0 Å². The number of carboxylic acid groups (broad SMARTS) is 1. The summed E-state index contributed by atoms with van der Waals surface area (Å²) in [5, 5.41) is 60.4. The number of carboxylic acids is 1. The first kappa shape index (κ1) is 24.5. The van der Waals surface area contributed by atoms with Gasteiger partial charge in [0.1, 0.15) is 41.1 Å². The van der Waals surface area contributed by atoms with E-state index < -0.39 is 54.0 Å². The summed E-state index contributed by atoms with van der Waals surface area (Å²) in [5.41, 5.74) is 0.709. The van der Waals surface area contributed by atoms with Crippen molar-refractivity contribution in [3.05, 3.63) is 52.6 Å². The van der Waals surface area contributed by atoms with Gasteiger partial charge in [-0.1, -0.05) is 30.3 Å². The zero-order valence-electron chi connectivity index (χ0n) is 18.0. The average Bonchev–Trinajstić information content (AvgIpc) is 2.79. The van der Waals surface area contributed by atoms with Crippen LogP contribution in [0.2, 0.25) is 0 Å². The molecule has 0 amide bonds. The molecule has 0 aromatic heterocycles. The predicted octanol–water partition coefficient (Wildman–Crippen LogP) is 0.801. The van der Waals surface area contributed by atoms with Crippen LogP contribution >= 0.6 is 0 Å². The van der Waals surface area contributed by atoms with E-state index in [2.05, 4.69) is 0 Å². The number of aliphatic hydroxyl groups excluding tert-OH is 3. The van der Waals surface area contributed by atoms with Crippen molar-refractivity contribution in [2.75, 3.05) is 0 Å². The smallest absolute Gasteiger partial charge is 0.335 e. The summed E-state index contributed by atoms with van der Waals surface area (Å²) in [6, 6.07) is 9.22. The van der Waals surface area contributed by atoms with Gasteiger partial charge < -0.3 is 40.1 Å². The van der Waals surface area contributed by atoms with Gasteiger partial charge in [0, 0.05) is 17.5 Å². The van der Waals surface area contributed by atoms with Gasteiger partial charge in [0.2, 0.25) is 6.29 Å². The summed E-state index contributed by atoms with van der Waals surface area (Å²) in [6.07, 6.45) is -8.80. The second kappa shape index (κ2) is 9.75. The molecule has 178 valence electrons. The van der Waals surface area contributed by atoms with Crippen molar-refractivity contribution in [1.29, 1.82) is 0 Å². The van der Waals surface area contributed by atoms with Crippen molar-refractivity contribution in [1.82, 2.24) is 0 Å². The highest BCUT2D eigenvalue weighted by Crippen LogP contribution is 2.43. The number of aryl methyl sites for hydroxylation is 1. The Morgan fingerprint density at radius 3 is 2.06 bits per heavy atom. The number of hydrogen-bond acceptors (Lipinski definition) is 9. The van der Waals surface area contributed by atoms with Crippen LogP contribution in [0.4, 0.5) is 0 Å². The van der Waals surface area contributed by atoms with Crippen LogP contribution in [-0.4, -0.2) is 73.1 Å². The fraction of sp³-hybridized carbons (Fsp3) is 0.391. The molecule has 1 aliphatic rings. The molecule has 1 heterocycles. The van der Waals surface area contributed by atoms with Crippen molar-refractivity contribution in [2.24, 2.45) is 0 Å². The lowest BCUT2D eigenvalue weighted by atomic mass is 9.95. The third-order valence-electron chi connectivity index (χ3n) is 5.67. The number of phenols is 2. The number of aromatic hydroxyl groups is 2. The molecule has 0 unspecified atom stereocenters. The molecular weight excluding hydrogens is 436 g/mol. The Balaban J connectivity index is 1.87. The maximum atomic E-state index is 12.8. The fourth-order valence-electron chi connectivity index (χ4n) is 3.72. The minimum Gasteiger partial charge on any atom is -0.507 e. The molecule has 2 aromatic rings. The van der Waals surface area contributed by atoms with Gasteiger partial charge in [-0.25, -0.2) is 4.79 Å². The van der Waals surface area contributed by atoms with E-state index in [1.165, 1.54) is 13.8 Å². The highest BCUT2D eigenvalue weighted by atomic mass is 16.7. The first-order valence-corrected chi connectivity index (χ1v) is 10.3. The van der Waals surface area contributed by atoms with Gasteiger partial charge in [0.25, 0.3) is 0 Å². The van der Waals surface area contributed by atoms with E-state index >= 15 is 0 Å². The van der Waals surface area contributed by atoms with E-state index in [1.807, 2.05) is 30.3 Å². The Morgan fingerprint density at radius 2 is 1.52 bits per heavy atom. The van der Waals surface area contributed by atoms with Crippen LogP contribution in [0.5, 0.6) is 17.2 Å². The molecule has 2 aromatic carbocycles. The molecule has 0 radical (unpaired) electrons. The number of hydrogen-bond donors (Lipinski definition) is 6. The van der Waals surface area contributed by atoms with Gasteiger partial charge in [-0.15, -0.1) is 0 Å². The highest BCUT2D eigenvalue weighted by molar-refractivity contribution is 6.02. The minimum absolute atomic E-state index is 0.0268. The van der Waals surface area contributed by atoms with Gasteiger partial charge in [-0.3, -0.25) is 4.79 Å². The summed E-state index contributed by atoms with van der Waals surface area (Å²) in [7, 11) is 0. The van der Waals surface area contributed by atoms with Crippen LogP contribution < -0.4 is 4.74 Å². The third kappa shape index (κ3) is 4.79. The molecule has 1 aliphatic heterocycles. The summed E-state index contributed by atoms with van der Waals surface area (Å²) < 4.78 is 10.6. The predicted molar refractivity (Wildman–Crippen MR) is 113 cm³/mol. The Morgan fingerprint density at radius 1 is 0.939 bits per heavy atom. The monoisotopic (exact) mass is 462 g/mol. The minimum atomic E-state index is -1.90. The lowest BCUT2D eigenvalue weighted by molar-refractivity contribution is -0.271. The van der Waals surface area contributed by atoms with Gasteiger partial charge in [-0.05, 0) is 25.8 Å². The molecule has 0 saturated carbocycles. The standard InChI is InChI=1S/C23H26O10/c1-10-15(25)14(13(24)9-8-12-6-4-3-5-7-12)16(26)11(2)20(10)32-23-19(29)17(27)18(28)21(33-23)22(30)31/h3-7,17-19,21,23,25-29H,8-9H2,1-2H3,(H,30,31)/t17-,18-,19+,21-,23+/m0/s1. The Bertz CT molecular complexity index is 1010. The third-order valence-corrected chi connectivity index (χ3v) is 5.67. The summed E-state index contributed by atoms with van der Waals surface area (Å²) in [4.78, 5) is 24.1. The Kier molecular flexibility index (Phi) is 7.23. The fourth-order valence-corrected chi connectivity index (χ4v) is 3.72. The normalized spacial score (nSPS) is 24.9. The number of Topliss-reactive ketones (excluding diaryl/α,β-unsaturated/α-hetero) is 1. The molecule has 1 saturated heterocycles. The van der Waals surface area contributed by atoms with Gasteiger partial charge in [0.15, 0.2) is 11.9 Å². The molecule has 0 aliphatic carbocycles. The number of aliphatic hydroxyl groups is 3. The number of carbonyl (C=O) groups excluding carboxylic acids is 1. The maximum absolute atomic E-state index is 12.8. The maximum Gasteiger partial charge on any atom is 0.335 e. The number of carbonyl (C=O) groups is 2. The molecule has 1 fully saturated rings. The summed E-state index contributed by atoms with van der Waals surface area (Å²) >= 11 is 0. The molecule has 6 N–H and O–H groups in total.